The summed E-state index contributed by atoms with van der Waals surface area (Å²) in [4.78, 5) is 0. The Kier molecular flexibility index (Phi) is 3.50. The Morgan fingerprint density at radius 3 is 2.89 bits per heavy atom. The van der Waals surface area contributed by atoms with Gasteiger partial charge in [-0.05, 0) is 56.6 Å². The second kappa shape index (κ2) is 5.28. The predicted octanol–water partition coefficient (Wildman–Crippen LogP) is 4.10. The summed E-state index contributed by atoms with van der Waals surface area (Å²) in [7, 11) is 0. The second-order valence-electron chi connectivity index (χ2n) is 5.84. The molecule has 0 aromatic heterocycles. The maximum absolute atomic E-state index is 5.55. The highest BCUT2D eigenvalue weighted by atomic mass is 16.5. The number of ether oxygens (including phenoxy) is 1. The van der Waals surface area contributed by atoms with Crippen LogP contribution in [-0.2, 0) is 0 Å². The lowest BCUT2D eigenvalue weighted by molar-refractivity contribution is 0.340. The van der Waals surface area contributed by atoms with Crippen LogP contribution in [0, 0.1) is 17.8 Å². The van der Waals surface area contributed by atoms with Crippen LogP contribution in [0.25, 0.3) is 0 Å². The standard InChI is InChI=1S/C17H23NO/c1-3-19-16-6-4-5-15(11-16)18-12(2)17-10-13-7-8-14(17)9-13/h4-8,11-14,17-18H,3,9-10H2,1-2H3. The molecule has 4 unspecified atom stereocenters. The van der Waals surface area contributed by atoms with Gasteiger partial charge in [-0.1, -0.05) is 18.2 Å². The summed E-state index contributed by atoms with van der Waals surface area (Å²) in [5, 5.41) is 3.65. The minimum absolute atomic E-state index is 0.525. The molecule has 19 heavy (non-hydrogen) atoms. The molecule has 2 bridgehead atoms. The van der Waals surface area contributed by atoms with Crippen molar-refractivity contribution in [2.45, 2.75) is 32.7 Å². The Morgan fingerprint density at radius 2 is 2.21 bits per heavy atom. The number of hydrogen-bond donors (Lipinski definition) is 1. The Labute approximate surface area is 115 Å². The molecule has 0 radical (unpaired) electrons. The van der Waals surface area contributed by atoms with Crippen molar-refractivity contribution in [1.82, 2.24) is 0 Å². The van der Waals surface area contributed by atoms with E-state index in [0.717, 1.165) is 30.1 Å². The fraction of sp³-hybridized carbons (Fsp3) is 0.529. The SMILES string of the molecule is CCOc1cccc(NC(C)C2CC3C=CC2C3)c1. The topological polar surface area (TPSA) is 21.3 Å². The first-order valence-electron chi connectivity index (χ1n) is 7.44. The average Bonchev–Trinajstić information content (AvgIpc) is 3.02. The largest absolute Gasteiger partial charge is 0.494 e. The molecule has 2 nitrogen and oxygen atoms in total. The summed E-state index contributed by atoms with van der Waals surface area (Å²) in [6, 6.07) is 8.82. The van der Waals surface area contributed by atoms with Gasteiger partial charge in [0.2, 0.25) is 0 Å². The molecule has 1 saturated carbocycles. The Morgan fingerprint density at radius 1 is 1.32 bits per heavy atom. The van der Waals surface area contributed by atoms with Crippen LogP contribution >= 0.6 is 0 Å². The zero-order valence-corrected chi connectivity index (χ0v) is 11.8. The normalized spacial score (nSPS) is 29.5. The first-order valence-corrected chi connectivity index (χ1v) is 7.44. The molecule has 0 saturated heterocycles. The van der Waals surface area contributed by atoms with Crippen molar-refractivity contribution in [3.05, 3.63) is 36.4 Å². The van der Waals surface area contributed by atoms with Crippen LogP contribution in [0.5, 0.6) is 5.75 Å². The molecule has 0 heterocycles. The first kappa shape index (κ1) is 12.6. The summed E-state index contributed by atoms with van der Waals surface area (Å²) in [5.41, 5.74) is 1.17. The summed E-state index contributed by atoms with van der Waals surface area (Å²) >= 11 is 0. The maximum Gasteiger partial charge on any atom is 0.121 e. The van der Waals surface area contributed by atoms with Crippen molar-refractivity contribution in [3.63, 3.8) is 0 Å². The third-order valence-electron chi connectivity index (χ3n) is 4.51. The van der Waals surface area contributed by atoms with Crippen molar-refractivity contribution in [3.8, 4) is 5.75 Å². The van der Waals surface area contributed by atoms with Crippen molar-refractivity contribution in [1.29, 1.82) is 0 Å². The van der Waals surface area contributed by atoms with Crippen molar-refractivity contribution < 1.29 is 4.74 Å². The molecule has 0 aliphatic heterocycles. The van der Waals surface area contributed by atoms with Crippen LogP contribution in [0.3, 0.4) is 0 Å². The fourth-order valence-electron chi connectivity index (χ4n) is 3.61. The molecule has 3 rings (SSSR count). The van der Waals surface area contributed by atoms with Gasteiger partial charge in [-0.3, -0.25) is 0 Å². The molecule has 0 spiro atoms. The van der Waals surface area contributed by atoms with E-state index in [1.807, 2.05) is 13.0 Å². The zero-order valence-electron chi connectivity index (χ0n) is 11.8. The summed E-state index contributed by atoms with van der Waals surface area (Å²) < 4.78 is 5.55. The summed E-state index contributed by atoms with van der Waals surface area (Å²) in [6.07, 6.45) is 7.55. The van der Waals surface area contributed by atoms with Gasteiger partial charge in [-0.2, -0.15) is 0 Å². The highest BCUT2D eigenvalue weighted by molar-refractivity contribution is 5.49. The molecule has 1 aromatic rings. The van der Waals surface area contributed by atoms with E-state index in [4.69, 9.17) is 4.74 Å². The quantitative estimate of drug-likeness (QED) is 0.802. The number of nitrogens with one attached hydrogen (secondary N) is 1. The smallest absolute Gasteiger partial charge is 0.121 e. The van der Waals surface area contributed by atoms with E-state index in [2.05, 4.69) is 42.6 Å². The Bertz CT molecular complexity index is 468. The van der Waals surface area contributed by atoms with Crippen LogP contribution in [0.4, 0.5) is 5.69 Å². The summed E-state index contributed by atoms with van der Waals surface area (Å²) in [6.45, 7) is 5.05. The van der Waals surface area contributed by atoms with Gasteiger partial charge in [0.25, 0.3) is 0 Å². The van der Waals surface area contributed by atoms with Gasteiger partial charge in [0.15, 0.2) is 0 Å². The van der Waals surface area contributed by atoms with Gasteiger partial charge in [0, 0.05) is 17.8 Å². The van der Waals surface area contributed by atoms with E-state index in [1.54, 1.807) is 0 Å². The van der Waals surface area contributed by atoms with E-state index >= 15 is 0 Å². The van der Waals surface area contributed by atoms with Crippen LogP contribution < -0.4 is 10.1 Å². The van der Waals surface area contributed by atoms with Crippen LogP contribution in [-0.4, -0.2) is 12.6 Å². The molecular weight excluding hydrogens is 234 g/mol. The van der Waals surface area contributed by atoms with E-state index in [0.29, 0.717) is 6.04 Å². The number of hydrogen-bond acceptors (Lipinski definition) is 2. The second-order valence-corrected chi connectivity index (χ2v) is 5.84. The van der Waals surface area contributed by atoms with E-state index in [1.165, 1.54) is 18.5 Å². The van der Waals surface area contributed by atoms with Gasteiger partial charge < -0.3 is 10.1 Å². The number of allylic oxidation sites excluding steroid dienone is 2. The average molecular weight is 257 g/mol. The van der Waals surface area contributed by atoms with Crippen LogP contribution in [0.15, 0.2) is 36.4 Å². The molecule has 1 aromatic carbocycles. The lowest BCUT2D eigenvalue weighted by Gasteiger charge is -2.27. The highest BCUT2D eigenvalue weighted by Crippen LogP contribution is 2.45. The van der Waals surface area contributed by atoms with Gasteiger partial charge >= 0.3 is 0 Å². The van der Waals surface area contributed by atoms with Crippen LogP contribution in [0.1, 0.15) is 26.7 Å². The lowest BCUT2D eigenvalue weighted by atomic mass is 9.87. The van der Waals surface area contributed by atoms with Gasteiger partial charge in [0.05, 0.1) is 6.61 Å². The van der Waals surface area contributed by atoms with Gasteiger partial charge in [-0.15, -0.1) is 0 Å². The summed E-state index contributed by atoms with van der Waals surface area (Å²) in [5.74, 6) is 3.37. The Balaban J connectivity index is 1.64. The molecule has 4 atom stereocenters. The Hall–Kier alpha value is -1.44. The number of rotatable bonds is 5. The predicted molar refractivity (Wildman–Crippen MR) is 79.5 cm³/mol. The molecule has 102 valence electrons. The van der Waals surface area contributed by atoms with E-state index in [9.17, 15) is 0 Å². The fourth-order valence-corrected chi connectivity index (χ4v) is 3.61. The molecular formula is C17H23NO. The van der Waals surface area contributed by atoms with Gasteiger partial charge in [-0.25, -0.2) is 0 Å². The minimum Gasteiger partial charge on any atom is -0.494 e. The molecule has 1 fully saturated rings. The number of benzene rings is 1. The highest BCUT2D eigenvalue weighted by Gasteiger charge is 2.38. The number of anilines is 1. The molecule has 2 aliphatic rings. The maximum atomic E-state index is 5.55. The zero-order chi connectivity index (χ0) is 13.2. The van der Waals surface area contributed by atoms with Crippen molar-refractivity contribution in [2.75, 3.05) is 11.9 Å². The molecule has 2 aliphatic carbocycles. The van der Waals surface area contributed by atoms with E-state index in [-0.39, 0.29) is 0 Å². The minimum atomic E-state index is 0.525. The van der Waals surface area contributed by atoms with Crippen LogP contribution in [0.2, 0.25) is 0 Å². The van der Waals surface area contributed by atoms with Gasteiger partial charge in [0.1, 0.15) is 5.75 Å². The molecule has 0 amide bonds. The lowest BCUT2D eigenvalue weighted by Crippen LogP contribution is -2.28. The first-order chi connectivity index (χ1) is 9.26. The number of fused-ring (bicyclic) bond motifs is 2. The monoisotopic (exact) mass is 257 g/mol. The van der Waals surface area contributed by atoms with E-state index < -0.39 is 0 Å². The third-order valence-corrected chi connectivity index (χ3v) is 4.51. The molecule has 2 heteroatoms. The third kappa shape index (κ3) is 2.63. The van der Waals surface area contributed by atoms with Crippen molar-refractivity contribution >= 4 is 5.69 Å². The molecule has 1 N–H and O–H groups in total. The van der Waals surface area contributed by atoms with Crippen molar-refractivity contribution in [2.24, 2.45) is 17.8 Å².